The van der Waals surface area contributed by atoms with Crippen LogP contribution in [-0.4, -0.2) is 26.6 Å². The summed E-state index contributed by atoms with van der Waals surface area (Å²) in [4.78, 5) is 14.7. The Morgan fingerprint density at radius 3 is 2.83 bits per heavy atom. The molecule has 3 rings (SSSR count). The largest absolute Gasteiger partial charge is 0.385 e. The van der Waals surface area contributed by atoms with Crippen LogP contribution in [0.25, 0.3) is 11.4 Å². The number of aromatic amines is 1. The highest BCUT2D eigenvalue weighted by Crippen LogP contribution is 2.20. The number of H-pyrrole nitrogens is 1. The molecule has 7 nitrogen and oxygen atoms in total. The number of non-ortho nitro benzene ring substituents is 1. The Bertz CT molecular complexity index is 865. The molecule has 0 aliphatic rings. The Kier molecular flexibility index (Phi) is 4.46. The fraction of sp³-hybridized carbons (Fsp3) is 0.125. The Balaban J connectivity index is 1.63. The zero-order valence-corrected chi connectivity index (χ0v) is 12.6. The van der Waals surface area contributed by atoms with Crippen molar-refractivity contribution in [2.45, 2.75) is 6.42 Å². The minimum Gasteiger partial charge on any atom is -0.385 e. The molecule has 0 atom stereocenters. The minimum absolute atomic E-state index is 0.00776. The van der Waals surface area contributed by atoms with Crippen LogP contribution in [0.3, 0.4) is 0 Å². The predicted octanol–water partition coefficient (Wildman–Crippen LogP) is 3.17. The Morgan fingerprint density at radius 2 is 2.04 bits per heavy atom. The van der Waals surface area contributed by atoms with Gasteiger partial charge in [-0.05, 0) is 18.2 Å². The smallest absolute Gasteiger partial charge is 0.270 e. The fourth-order valence-electron chi connectivity index (χ4n) is 2.22. The van der Waals surface area contributed by atoms with Crippen LogP contribution in [-0.2, 0) is 6.42 Å². The van der Waals surface area contributed by atoms with E-state index in [0.717, 1.165) is 0 Å². The molecule has 0 unspecified atom stereocenters. The molecule has 2 N–H and O–H groups in total. The summed E-state index contributed by atoms with van der Waals surface area (Å²) in [6, 6.07) is 12.4. The van der Waals surface area contributed by atoms with Gasteiger partial charge in [-0.25, -0.2) is 9.37 Å². The van der Waals surface area contributed by atoms with E-state index >= 15 is 0 Å². The molecule has 0 saturated heterocycles. The summed E-state index contributed by atoms with van der Waals surface area (Å²) in [6.45, 7) is 0.549. The van der Waals surface area contributed by atoms with E-state index in [0.29, 0.717) is 35.9 Å². The van der Waals surface area contributed by atoms with Crippen LogP contribution in [0, 0.1) is 15.9 Å². The van der Waals surface area contributed by atoms with Crippen molar-refractivity contribution in [3.63, 3.8) is 0 Å². The maximum atomic E-state index is 13.1. The fourth-order valence-corrected chi connectivity index (χ4v) is 2.22. The van der Waals surface area contributed by atoms with Gasteiger partial charge in [0.15, 0.2) is 5.82 Å². The highest BCUT2D eigenvalue weighted by molar-refractivity contribution is 5.58. The van der Waals surface area contributed by atoms with E-state index in [1.54, 1.807) is 24.3 Å². The number of benzene rings is 2. The molecule has 0 fully saturated rings. The number of anilines is 1. The second-order valence-corrected chi connectivity index (χ2v) is 5.10. The first-order valence-corrected chi connectivity index (χ1v) is 7.27. The van der Waals surface area contributed by atoms with E-state index in [9.17, 15) is 14.5 Å². The van der Waals surface area contributed by atoms with E-state index in [1.165, 1.54) is 24.3 Å². The lowest BCUT2D eigenvalue weighted by Gasteiger charge is -2.04. The second-order valence-electron chi connectivity index (χ2n) is 5.10. The lowest BCUT2D eigenvalue weighted by Crippen LogP contribution is -2.06. The third-order valence-corrected chi connectivity index (χ3v) is 3.36. The topological polar surface area (TPSA) is 96.7 Å². The van der Waals surface area contributed by atoms with Crippen LogP contribution in [0.5, 0.6) is 0 Å². The maximum Gasteiger partial charge on any atom is 0.270 e. The highest BCUT2D eigenvalue weighted by atomic mass is 19.1. The Labute approximate surface area is 136 Å². The zero-order valence-electron chi connectivity index (χ0n) is 12.6. The summed E-state index contributed by atoms with van der Waals surface area (Å²) in [7, 11) is 0. The molecule has 0 bridgehead atoms. The summed E-state index contributed by atoms with van der Waals surface area (Å²) in [5, 5.41) is 20.8. The van der Waals surface area contributed by atoms with Gasteiger partial charge in [0.05, 0.1) is 4.92 Å². The molecule has 122 valence electrons. The number of nitrogens with zero attached hydrogens (tertiary/aromatic N) is 3. The molecule has 1 heterocycles. The Hall–Kier alpha value is -3.29. The average molecular weight is 327 g/mol. The molecule has 0 saturated carbocycles. The van der Waals surface area contributed by atoms with Crippen molar-refractivity contribution in [2.75, 3.05) is 11.9 Å². The monoisotopic (exact) mass is 327 g/mol. The SMILES string of the molecule is O=[N+]([O-])c1cccc(-c2n[nH]c(CCNc3cccc(F)c3)n2)c1. The predicted molar refractivity (Wildman–Crippen MR) is 87.1 cm³/mol. The first-order valence-electron chi connectivity index (χ1n) is 7.27. The number of nitro benzene ring substituents is 1. The molecule has 8 heteroatoms. The van der Waals surface area contributed by atoms with Crippen LogP contribution in [0.2, 0.25) is 0 Å². The van der Waals surface area contributed by atoms with Gasteiger partial charge >= 0.3 is 0 Å². The summed E-state index contributed by atoms with van der Waals surface area (Å²) in [6.07, 6.45) is 0.554. The van der Waals surface area contributed by atoms with Gasteiger partial charge in [0.25, 0.3) is 5.69 Å². The lowest BCUT2D eigenvalue weighted by atomic mass is 10.2. The lowest BCUT2D eigenvalue weighted by molar-refractivity contribution is -0.384. The number of aromatic nitrogens is 3. The molecular formula is C16H14FN5O2. The summed E-state index contributed by atoms with van der Waals surface area (Å²) < 4.78 is 13.1. The van der Waals surface area contributed by atoms with E-state index < -0.39 is 4.92 Å². The van der Waals surface area contributed by atoms with Gasteiger partial charge in [-0.15, -0.1) is 0 Å². The van der Waals surface area contributed by atoms with E-state index in [2.05, 4.69) is 20.5 Å². The van der Waals surface area contributed by atoms with Gasteiger partial charge in [0.1, 0.15) is 11.6 Å². The number of hydrogen-bond acceptors (Lipinski definition) is 5. The molecule has 0 spiro atoms. The van der Waals surface area contributed by atoms with Crippen molar-refractivity contribution in [1.82, 2.24) is 15.2 Å². The number of hydrogen-bond donors (Lipinski definition) is 2. The van der Waals surface area contributed by atoms with Crippen LogP contribution < -0.4 is 5.32 Å². The van der Waals surface area contributed by atoms with Crippen LogP contribution in [0.1, 0.15) is 5.82 Å². The van der Waals surface area contributed by atoms with Crippen molar-refractivity contribution < 1.29 is 9.31 Å². The van der Waals surface area contributed by atoms with Gasteiger partial charge < -0.3 is 5.32 Å². The number of halogens is 1. The zero-order chi connectivity index (χ0) is 16.9. The van der Waals surface area contributed by atoms with Gasteiger partial charge in [0, 0.05) is 36.3 Å². The molecular weight excluding hydrogens is 313 g/mol. The molecule has 1 aromatic heterocycles. The van der Waals surface area contributed by atoms with Crippen LogP contribution in [0.15, 0.2) is 48.5 Å². The first kappa shape index (κ1) is 15.6. The summed E-state index contributed by atoms with van der Waals surface area (Å²) >= 11 is 0. The molecule has 0 aliphatic heterocycles. The van der Waals surface area contributed by atoms with Crippen molar-refractivity contribution in [1.29, 1.82) is 0 Å². The van der Waals surface area contributed by atoms with Crippen molar-refractivity contribution in [3.05, 3.63) is 70.3 Å². The normalized spacial score (nSPS) is 10.5. The van der Waals surface area contributed by atoms with Crippen LogP contribution in [0.4, 0.5) is 15.8 Å². The summed E-state index contributed by atoms with van der Waals surface area (Å²) in [5.74, 6) is 0.743. The third kappa shape index (κ3) is 3.72. The van der Waals surface area contributed by atoms with Gasteiger partial charge in [0.2, 0.25) is 0 Å². The van der Waals surface area contributed by atoms with E-state index in [4.69, 9.17) is 0 Å². The molecule has 0 aliphatic carbocycles. The van der Waals surface area contributed by atoms with Gasteiger partial charge in [-0.2, -0.15) is 5.10 Å². The van der Waals surface area contributed by atoms with Gasteiger partial charge in [-0.3, -0.25) is 15.2 Å². The average Bonchev–Trinajstić information content (AvgIpc) is 3.04. The first-order chi connectivity index (χ1) is 11.6. The molecule has 0 amide bonds. The maximum absolute atomic E-state index is 13.1. The van der Waals surface area contributed by atoms with Crippen LogP contribution >= 0.6 is 0 Å². The molecule has 2 aromatic carbocycles. The van der Waals surface area contributed by atoms with E-state index in [-0.39, 0.29) is 11.5 Å². The van der Waals surface area contributed by atoms with Crippen molar-refractivity contribution >= 4 is 11.4 Å². The van der Waals surface area contributed by atoms with Crippen molar-refractivity contribution in [3.8, 4) is 11.4 Å². The third-order valence-electron chi connectivity index (χ3n) is 3.36. The highest BCUT2D eigenvalue weighted by Gasteiger charge is 2.11. The number of nitrogens with one attached hydrogen (secondary N) is 2. The Morgan fingerprint density at radius 1 is 1.21 bits per heavy atom. The second kappa shape index (κ2) is 6.86. The molecule has 3 aromatic rings. The van der Waals surface area contributed by atoms with E-state index in [1.807, 2.05) is 0 Å². The number of rotatable bonds is 6. The molecule has 0 radical (unpaired) electrons. The minimum atomic E-state index is -0.458. The van der Waals surface area contributed by atoms with Gasteiger partial charge in [-0.1, -0.05) is 18.2 Å². The van der Waals surface area contributed by atoms with Crippen molar-refractivity contribution in [2.24, 2.45) is 0 Å². The summed E-state index contributed by atoms with van der Waals surface area (Å²) in [5.41, 5.74) is 1.25. The quantitative estimate of drug-likeness (QED) is 0.535. The standard InChI is InChI=1S/C16H14FN5O2/c17-12-4-2-5-13(10-12)18-8-7-15-19-16(21-20-15)11-3-1-6-14(9-11)22(23)24/h1-6,9-10,18H,7-8H2,(H,19,20,21). The molecule has 24 heavy (non-hydrogen) atoms. The number of nitro groups is 1.